The van der Waals surface area contributed by atoms with Crippen LogP contribution in [0.1, 0.15) is 54.4 Å². The topological polar surface area (TPSA) is 130 Å². The van der Waals surface area contributed by atoms with E-state index in [0.29, 0.717) is 5.69 Å². The minimum atomic E-state index is -1.04. The number of amides is 1. The number of halogens is 2. The van der Waals surface area contributed by atoms with Crippen molar-refractivity contribution in [3.05, 3.63) is 59.7 Å². The van der Waals surface area contributed by atoms with E-state index in [1.807, 2.05) is 6.07 Å². The van der Waals surface area contributed by atoms with Crippen LogP contribution >= 0.6 is 0 Å². The van der Waals surface area contributed by atoms with Crippen LogP contribution in [0.3, 0.4) is 0 Å². The average Bonchev–Trinajstić information content (AvgIpc) is 3.32. The summed E-state index contributed by atoms with van der Waals surface area (Å²) < 4.78 is 31.6. The summed E-state index contributed by atoms with van der Waals surface area (Å²) in [7, 11) is 0. The molecular weight excluding hydrogens is 448 g/mol. The minimum Gasteiger partial charge on any atom is -0.481 e. The fourth-order valence-electron chi connectivity index (χ4n) is 4.71. The highest BCUT2D eigenvalue weighted by molar-refractivity contribution is 6.00. The zero-order valence-electron chi connectivity index (χ0n) is 17.9. The molecule has 34 heavy (non-hydrogen) atoms. The highest BCUT2D eigenvalue weighted by atomic mass is 19.2. The molecule has 1 amide bonds. The second kappa shape index (κ2) is 8.47. The predicted molar refractivity (Wildman–Crippen MR) is 116 cm³/mol. The van der Waals surface area contributed by atoms with Gasteiger partial charge >= 0.3 is 23.8 Å². The van der Waals surface area contributed by atoms with Crippen molar-refractivity contribution in [1.29, 1.82) is 0 Å². The fourth-order valence-corrected chi connectivity index (χ4v) is 4.71. The van der Waals surface area contributed by atoms with Gasteiger partial charge in [-0.15, -0.1) is 5.10 Å². The summed E-state index contributed by atoms with van der Waals surface area (Å²) in [5.41, 5.74) is 1.53. The Bertz CT molecular complexity index is 1240. The first-order valence-corrected chi connectivity index (χ1v) is 10.9. The lowest BCUT2D eigenvalue weighted by atomic mass is 9.77. The van der Waals surface area contributed by atoms with Gasteiger partial charge in [0.2, 0.25) is 0 Å². The number of nitrogens with one attached hydrogen (secondary N) is 2. The average molecular weight is 469 g/mol. The number of carbonyl (C=O) groups is 2. The van der Waals surface area contributed by atoms with Gasteiger partial charge in [-0.2, -0.15) is 0 Å². The number of nitrogens with zero attached hydrogens (tertiary/aromatic N) is 3. The molecule has 1 spiro atoms. The van der Waals surface area contributed by atoms with Crippen LogP contribution < -0.4 is 10.6 Å². The number of pyridine rings is 1. The molecule has 5 rings (SSSR count). The Hall–Kier alpha value is -3.89. The van der Waals surface area contributed by atoms with Crippen LogP contribution in [0.15, 0.2) is 40.9 Å². The first-order chi connectivity index (χ1) is 16.3. The van der Waals surface area contributed by atoms with Gasteiger partial charge in [0.1, 0.15) is 0 Å². The molecule has 2 aromatic heterocycles. The molecule has 2 fully saturated rings. The van der Waals surface area contributed by atoms with Gasteiger partial charge in [-0.3, -0.25) is 14.6 Å². The van der Waals surface area contributed by atoms with E-state index in [9.17, 15) is 23.5 Å². The lowest BCUT2D eigenvalue weighted by Gasteiger charge is -2.28. The third kappa shape index (κ3) is 4.33. The molecule has 2 saturated carbocycles. The van der Waals surface area contributed by atoms with Gasteiger partial charge in [-0.1, -0.05) is 5.10 Å². The van der Waals surface area contributed by atoms with E-state index < -0.39 is 23.5 Å². The van der Waals surface area contributed by atoms with Crippen LogP contribution in [0.5, 0.6) is 0 Å². The summed E-state index contributed by atoms with van der Waals surface area (Å²) in [5.74, 6) is -3.61. The van der Waals surface area contributed by atoms with E-state index in [-0.39, 0.29) is 34.8 Å². The van der Waals surface area contributed by atoms with E-state index in [1.165, 1.54) is 6.07 Å². The number of carboxylic acids is 1. The number of anilines is 3. The van der Waals surface area contributed by atoms with Crippen molar-refractivity contribution in [1.82, 2.24) is 15.2 Å². The van der Waals surface area contributed by atoms with E-state index in [2.05, 4.69) is 25.8 Å². The van der Waals surface area contributed by atoms with E-state index in [1.54, 1.807) is 12.3 Å². The Labute approximate surface area is 192 Å². The Morgan fingerprint density at radius 3 is 2.47 bits per heavy atom. The molecule has 3 N–H and O–H groups in total. The van der Waals surface area contributed by atoms with Crippen LogP contribution in [0.25, 0.3) is 0 Å². The molecule has 176 valence electrons. The van der Waals surface area contributed by atoms with Gasteiger partial charge in [-0.25, -0.2) is 8.78 Å². The molecule has 0 radical (unpaired) electrons. The summed E-state index contributed by atoms with van der Waals surface area (Å²) in [5, 5.41) is 21.8. The summed E-state index contributed by atoms with van der Waals surface area (Å²) in [4.78, 5) is 28.1. The van der Waals surface area contributed by atoms with Crippen molar-refractivity contribution in [3.63, 3.8) is 0 Å². The number of aliphatic carboxylic acids is 1. The predicted octanol–water partition coefficient (Wildman–Crippen LogP) is 4.49. The van der Waals surface area contributed by atoms with Gasteiger partial charge in [0.25, 0.3) is 0 Å². The van der Waals surface area contributed by atoms with Gasteiger partial charge in [0, 0.05) is 23.4 Å². The van der Waals surface area contributed by atoms with E-state index in [4.69, 9.17) is 4.42 Å². The molecule has 0 bridgehead atoms. The third-order valence-electron chi connectivity index (χ3n) is 6.72. The van der Waals surface area contributed by atoms with Gasteiger partial charge in [0.15, 0.2) is 11.6 Å². The molecule has 1 aromatic carbocycles. The first-order valence-electron chi connectivity index (χ1n) is 10.9. The molecule has 2 aliphatic carbocycles. The Kier molecular flexibility index (Phi) is 5.46. The van der Waals surface area contributed by atoms with Crippen LogP contribution in [0.4, 0.5) is 26.2 Å². The smallest absolute Gasteiger partial charge is 0.320 e. The number of aromatic nitrogens is 3. The maximum Gasteiger partial charge on any atom is 0.320 e. The van der Waals surface area contributed by atoms with Crippen LogP contribution in [-0.4, -0.2) is 32.2 Å². The summed E-state index contributed by atoms with van der Waals surface area (Å²) >= 11 is 0. The molecule has 11 heteroatoms. The number of benzene rings is 1. The van der Waals surface area contributed by atoms with E-state index >= 15 is 0 Å². The molecule has 2 aliphatic rings. The molecule has 9 nitrogen and oxygen atoms in total. The lowest BCUT2D eigenvalue weighted by Crippen LogP contribution is -2.19. The zero-order chi connectivity index (χ0) is 23.9. The highest BCUT2D eigenvalue weighted by Gasteiger charge is 2.58. The van der Waals surface area contributed by atoms with Crippen molar-refractivity contribution >= 4 is 29.3 Å². The standard InChI is InChI=1S/C23H21F2N5O4/c24-16-3-1-13(9-17(16)25)28-22-30-29-20(34-22)19(31)27-14-2-4-18(26-11-14)12-5-7-23(8-6-12)10-15(23)21(32)33/h1-4,9,11-12,15H,5-8,10H2,(H,27,31)(H,28,30)(H,32,33). The summed E-state index contributed by atoms with van der Waals surface area (Å²) in [6.07, 6.45) is 5.92. The van der Waals surface area contributed by atoms with Crippen molar-refractivity contribution in [2.45, 2.75) is 38.0 Å². The van der Waals surface area contributed by atoms with Crippen LogP contribution in [0, 0.1) is 23.0 Å². The van der Waals surface area contributed by atoms with Crippen LogP contribution in [0.2, 0.25) is 0 Å². The SMILES string of the molecule is O=C(Nc1ccc(C2CCC3(CC2)CC3C(=O)O)nc1)c1nnc(Nc2ccc(F)c(F)c2)o1. The lowest BCUT2D eigenvalue weighted by molar-refractivity contribution is -0.139. The molecule has 0 aliphatic heterocycles. The van der Waals surface area contributed by atoms with E-state index in [0.717, 1.165) is 49.9 Å². The Morgan fingerprint density at radius 1 is 1.06 bits per heavy atom. The number of carboxylic acid groups (broad SMARTS) is 1. The molecule has 1 atom stereocenters. The van der Waals surface area contributed by atoms with Crippen molar-refractivity contribution in [3.8, 4) is 0 Å². The third-order valence-corrected chi connectivity index (χ3v) is 6.72. The second-order valence-corrected chi connectivity index (χ2v) is 8.82. The number of carbonyl (C=O) groups excluding carboxylic acids is 1. The monoisotopic (exact) mass is 469 g/mol. The second-order valence-electron chi connectivity index (χ2n) is 8.82. The molecule has 1 unspecified atom stereocenters. The maximum atomic E-state index is 13.3. The number of rotatable bonds is 6. The van der Waals surface area contributed by atoms with Crippen LogP contribution in [-0.2, 0) is 4.79 Å². The minimum absolute atomic E-state index is 0.0150. The van der Waals surface area contributed by atoms with Crippen molar-refractivity contribution < 1.29 is 27.9 Å². The first kappa shape index (κ1) is 21.9. The maximum absolute atomic E-state index is 13.3. The fraction of sp³-hybridized carbons (Fsp3) is 0.348. The quantitative estimate of drug-likeness (QED) is 0.482. The number of hydrogen-bond acceptors (Lipinski definition) is 7. The summed E-state index contributed by atoms with van der Waals surface area (Å²) in [6, 6.07) is 6.59. The largest absolute Gasteiger partial charge is 0.481 e. The molecular formula is C23H21F2N5O4. The van der Waals surface area contributed by atoms with Gasteiger partial charge in [-0.05, 0) is 61.8 Å². The number of hydrogen-bond donors (Lipinski definition) is 3. The normalized spacial score (nSPS) is 23.5. The van der Waals surface area contributed by atoms with Gasteiger partial charge < -0.3 is 20.2 Å². The van der Waals surface area contributed by atoms with Crippen molar-refractivity contribution in [2.75, 3.05) is 10.6 Å². The molecule has 3 aromatic rings. The molecule has 0 saturated heterocycles. The zero-order valence-corrected chi connectivity index (χ0v) is 17.9. The van der Waals surface area contributed by atoms with Crippen molar-refractivity contribution in [2.24, 2.45) is 11.3 Å². The molecule has 2 heterocycles. The highest BCUT2D eigenvalue weighted by Crippen LogP contribution is 2.63. The Balaban J connectivity index is 1.16. The Morgan fingerprint density at radius 2 is 1.82 bits per heavy atom. The van der Waals surface area contributed by atoms with Gasteiger partial charge in [0.05, 0.1) is 17.8 Å². The summed E-state index contributed by atoms with van der Waals surface area (Å²) in [6.45, 7) is 0.